The number of unbranched alkanes of at least 4 members (excludes halogenated alkanes) is 14. The Morgan fingerprint density at radius 2 is 1.25 bits per heavy atom. The number of carbonyl (C=O) groups excluding carboxylic acids is 1. The van der Waals surface area contributed by atoms with Crippen molar-refractivity contribution in [2.75, 3.05) is 6.61 Å². The first-order valence-corrected chi connectivity index (χ1v) is 13.4. The van der Waals surface area contributed by atoms with E-state index in [2.05, 4.69) is 19.2 Å². The zero-order valence-corrected chi connectivity index (χ0v) is 20.8. The minimum absolute atomic E-state index is 0.0724. The highest BCUT2D eigenvalue weighted by molar-refractivity contribution is 5.76. The Kier molecular flexibility index (Phi) is 16.4. The van der Waals surface area contributed by atoms with Crippen LogP contribution in [-0.4, -0.2) is 28.8 Å². The summed E-state index contributed by atoms with van der Waals surface area (Å²) in [5, 5.41) is 22.8. The van der Waals surface area contributed by atoms with Gasteiger partial charge in [0.2, 0.25) is 5.91 Å². The molecule has 0 fully saturated rings. The lowest BCUT2D eigenvalue weighted by Crippen LogP contribution is -2.41. The Morgan fingerprint density at radius 3 is 1.75 bits per heavy atom. The van der Waals surface area contributed by atoms with Gasteiger partial charge in [-0.25, -0.2) is 0 Å². The van der Waals surface area contributed by atoms with Crippen LogP contribution >= 0.6 is 0 Å². The minimum Gasteiger partial charge on any atom is -0.394 e. The number of hydrogen-bond donors (Lipinski definition) is 3. The number of hydrogen-bond acceptors (Lipinski definition) is 4. The minimum atomic E-state index is -1.10. The van der Waals surface area contributed by atoms with Crippen molar-refractivity contribution in [1.82, 2.24) is 5.32 Å². The second-order valence-electron chi connectivity index (χ2n) is 9.47. The molecule has 1 rings (SSSR count). The van der Waals surface area contributed by atoms with Gasteiger partial charge in [0, 0.05) is 17.5 Å². The fourth-order valence-corrected chi connectivity index (χ4v) is 4.34. The second kappa shape index (κ2) is 18.3. The predicted molar refractivity (Wildman–Crippen MR) is 133 cm³/mol. The molecule has 5 heteroatoms. The van der Waals surface area contributed by atoms with Gasteiger partial charge in [0.25, 0.3) is 0 Å². The molecule has 1 amide bonds. The summed E-state index contributed by atoms with van der Waals surface area (Å²) < 4.78 is 0. The molecule has 0 radical (unpaired) electrons. The molecule has 0 aromatic heterocycles. The molecule has 0 bridgehead atoms. The highest BCUT2D eigenvalue weighted by Gasteiger charge is 2.33. The second-order valence-corrected chi connectivity index (χ2v) is 9.47. The predicted octanol–water partition coefficient (Wildman–Crippen LogP) is 5.65. The van der Waals surface area contributed by atoms with E-state index in [1.807, 2.05) is 0 Å². The summed E-state index contributed by atoms with van der Waals surface area (Å²) in [7, 11) is 0. The lowest BCUT2D eigenvalue weighted by Gasteiger charge is -2.20. The zero-order valence-electron chi connectivity index (χ0n) is 20.8. The van der Waals surface area contributed by atoms with Crippen molar-refractivity contribution < 1.29 is 15.0 Å². The molecule has 0 aliphatic carbocycles. The van der Waals surface area contributed by atoms with E-state index < -0.39 is 12.1 Å². The molecule has 3 N–H and O–H groups in total. The first-order valence-electron chi connectivity index (χ1n) is 13.4. The maximum Gasteiger partial charge on any atom is 0.220 e. The van der Waals surface area contributed by atoms with E-state index in [0.717, 1.165) is 38.5 Å². The number of nitrogens with one attached hydrogen (secondary N) is 1. The molecular formula is C27H49NO4. The smallest absolute Gasteiger partial charge is 0.220 e. The van der Waals surface area contributed by atoms with Gasteiger partial charge in [-0.2, -0.15) is 0 Å². The maximum atomic E-state index is 12.1. The van der Waals surface area contributed by atoms with Crippen LogP contribution in [0.25, 0.3) is 0 Å². The summed E-state index contributed by atoms with van der Waals surface area (Å²) in [5.74, 6) is -0.166. The van der Waals surface area contributed by atoms with Crippen molar-refractivity contribution in [3.63, 3.8) is 0 Å². The molecule has 0 aliphatic rings. The number of carbonyl (C=O) groups is 1. The SMILES string of the molecule is CCCCCCCCCCCCCc1c([C@@H](O)[C@H](CO)NC(=O)CCCCCCC)c1=O. The molecule has 0 saturated heterocycles. The molecule has 1 aromatic carbocycles. The van der Waals surface area contributed by atoms with Gasteiger partial charge in [-0.3, -0.25) is 9.59 Å². The van der Waals surface area contributed by atoms with Gasteiger partial charge < -0.3 is 15.5 Å². The van der Waals surface area contributed by atoms with Crippen LogP contribution in [0.1, 0.15) is 140 Å². The van der Waals surface area contributed by atoms with Crippen LogP contribution in [0, 0.1) is 0 Å². The summed E-state index contributed by atoms with van der Waals surface area (Å²) in [6.07, 6.45) is 19.2. The Morgan fingerprint density at radius 1 is 0.781 bits per heavy atom. The Balaban J connectivity index is 2.18. The van der Waals surface area contributed by atoms with E-state index in [-0.39, 0.29) is 17.9 Å². The molecule has 1 aromatic rings. The van der Waals surface area contributed by atoms with Crippen molar-refractivity contribution in [1.29, 1.82) is 0 Å². The highest BCUT2D eigenvalue weighted by Crippen LogP contribution is 2.25. The van der Waals surface area contributed by atoms with E-state index in [9.17, 15) is 19.8 Å². The lowest BCUT2D eigenvalue weighted by atomic mass is 10.0. The Hall–Kier alpha value is -1.20. The number of rotatable bonds is 22. The van der Waals surface area contributed by atoms with E-state index >= 15 is 0 Å². The summed E-state index contributed by atoms with van der Waals surface area (Å²) >= 11 is 0. The van der Waals surface area contributed by atoms with Crippen LogP contribution in [0.2, 0.25) is 0 Å². The van der Waals surface area contributed by atoms with E-state index in [1.165, 1.54) is 64.2 Å². The average Bonchev–Trinajstić information content (AvgIpc) is 3.44. The van der Waals surface area contributed by atoms with Crippen molar-refractivity contribution in [2.45, 2.75) is 142 Å². The standard InChI is InChI=1S/C27H49NO4/c1-3-5-7-9-10-11-12-13-14-16-17-19-22-25(26(22)31)27(32)23(21-29)28-24(30)20-18-15-8-6-4-2/h23,27,29,32H,3-21H2,1-2H3,(H,28,30)/t23-,27-/m0/s1. The van der Waals surface area contributed by atoms with Gasteiger partial charge in [0.1, 0.15) is 6.10 Å². The molecule has 2 atom stereocenters. The first-order chi connectivity index (χ1) is 15.6. The van der Waals surface area contributed by atoms with Crippen LogP contribution < -0.4 is 10.7 Å². The van der Waals surface area contributed by atoms with Crippen molar-refractivity contribution in [3.8, 4) is 0 Å². The molecule has 186 valence electrons. The lowest BCUT2D eigenvalue weighted by molar-refractivity contribution is -0.123. The third-order valence-corrected chi connectivity index (χ3v) is 6.54. The van der Waals surface area contributed by atoms with Crippen molar-refractivity contribution >= 4 is 5.91 Å². The van der Waals surface area contributed by atoms with Crippen LogP contribution in [0.3, 0.4) is 0 Å². The fourth-order valence-electron chi connectivity index (χ4n) is 4.34. The van der Waals surface area contributed by atoms with Crippen LogP contribution in [-0.2, 0) is 11.2 Å². The quantitative estimate of drug-likeness (QED) is 0.199. The Labute approximate surface area is 196 Å². The monoisotopic (exact) mass is 451 g/mol. The van der Waals surface area contributed by atoms with Crippen molar-refractivity contribution in [3.05, 3.63) is 21.4 Å². The summed E-state index contributed by atoms with van der Waals surface area (Å²) in [6, 6.07) is -0.799. The molecule has 0 aliphatic heterocycles. The zero-order chi connectivity index (χ0) is 23.6. The maximum absolute atomic E-state index is 12.1. The van der Waals surface area contributed by atoms with Crippen LogP contribution in [0.4, 0.5) is 0 Å². The number of amides is 1. The van der Waals surface area contributed by atoms with Gasteiger partial charge in [-0.15, -0.1) is 0 Å². The highest BCUT2D eigenvalue weighted by atomic mass is 16.3. The molecule has 5 nitrogen and oxygen atoms in total. The van der Waals surface area contributed by atoms with Gasteiger partial charge >= 0.3 is 0 Å². The molecule has 0 heterocycles. The molecule has 0 saturated carbocycles. The van der Waals surface area contributed by atoms with E-state index in [0.29, 0.717) is 24.0 Å². The van der Waals surface area contributed by atoms with Gasteiger partial charge in [-0.1, -0.05) is 104 Å². The van der Waals surface area contributed by atoms with Crippen LogP contribution in [0.15, 0.2) is 4.79 Å². The molecule has 0 spiro atoms. The fraction of sp³-hybridized carbons (Fsp3) is 0.852. The van der Waals surface area contributed by atoms with E-state index in [4.69, 9.17) is 0 Å². The summed E-state index contributed by atoms with van der Waals surface area (Å²) in [6.45, 7) is 4.03. The third-order valence-electron chi connectivity index (χ3n) is 6.54. The topological polar surface area (TPSA) is 86.6 Å². The largest absolute Gasteiger partial charge is 0.394 e. The normalized spacial score (nSPS) is 13.5. The van der Waals surface area contributed by atoms with Crippen LogP contribution in [0.5, 0.6) is 0 Å². The molecule has 32 heavy (non-hydrogen) atoms. The first kappa shape index (κ1) is 28.8. The average molecular weight is 452 g/mol. The summed E-state index contributed by atoms with van der Waals surface area (Å²) in [4.78, 5) is 24.2. The molecule has 0 unspecified atom stereocenters. The number of aliphatic hydroxyl groups excluding tert-OH is 2. The third kappa shape index (κ3) is 12.2. The Bertz CT molecular complexity index is 606. The van der Waals surface area contributed by atoms with E-state index in [1.54, 1.807) is 0 Å². The van der Waals surface area contributed by atoms with Crippen molar-refractivity contribution in [2.24, 2.45) is 0 Å². The molecular weight excluding hydrogens is 402 g/mol. The van der Waals surface area contributed by atoms with Gasteiger partial charge in [0.15, 0.2) is 5.43 Å². The summed E-state index contributed by atoms with van der Waals surface area (Å²) in [5.41, 5.74) is 1.05. The van der Waals surface area contributed by atoms with Gasteiger partial charge in [-0.05, 0) is 19.3 Å². The number of aliphatic hydroxyl groups is 2. The van der Waals surface area contributed by atoms with Gasteiger partial charge in [0.05, 0.1) is 12.6 Å².